The van der Waals surface area contributed by atoms with Crippen LogP contribution in [0, 0.1) is 6.92 Å². The van der Waals surface area contributed by atoms with Crippen LogP contribution in [0.5, 0.6) is 0 Å². The van der Waals surface area contributed by atoms with E-state index in [1.807, 2.05) is 37.3 Å². The first-order chi connectivity index (χ1) is 9.58. The second-order valence-corrected chi connectivity index (χ2v) is 4.88. The number of carbonyl (C=O) groups is 1. The molecular weight excluding hydrogens is 250 g/mol. The SMILES string of the molecule is CCc1ccc(COC(=O)c2cc(C)cc(N)c2)cc1. The normalized spacial score (nSPS) is 10.3. The third kappa shape index (κ3) is 3.60. The molecule has 20 heavy (non-hydrogen) atoms. The van der Waals surface area contributed by atoms with Gasteiger partial charge in [-0.2, -0.15) is 0 Å². The minimum Gasteiger partial charge on any atom is -0.457 e. The van der Waals surface area contributed by atoms with Crippen LogP contribution in [0.15, 0.2) is 42.5 Å². The van der Waals surface area contributed by atoms with Gasteiger partial charge in [0.15, 0.2) is 0 Å². The van der Waals surface area contributed by atoms with Gasteiger partial charge in [0.2, 0.25) is 0 Å². The van der Waals surface area contributed by atoms with E-state index in [4.69, 9.17) is 10.5 Å². The summed E-state index contributed by atoms with van der Waals surface area (Å²) in [6.07, 6.45) is 1.00. The second kappa shape index (κ2) is 6.24. The molecule has 3 heteroatoms. The number of aryl methyl sites for hydroxylation is 2. The van der Waals surface area contributed by atoms with E-state index in [0.717, 1.165) is 17.5 Å². The van der Waals surface area contributed by atoms with Crippen molar-refractivity contribution in [1.82, 2.24) is 0 Å². The summed E-state index contributed by atoms with van der Waals surface area (Å²) in [4.78, 5) is 12.0. The smallest absolute Gasteiger partial charge is 0.338 e. The molecule has 0 radical (unpaired) electrons. The fourth-order valence-corrected chi connectivity index (χ4v) is 2.03. The lowest BCUT2D eigenvalue weighted by molar-refractivity contribution is 0.0472. The van der Waals surface area contributed by atoms with Gasteiger partial charge in [-0.25, -0.2) is 4.79 Å². The Hall–Kier alpha value is -2.29. The molecule has 0 atom stereocenters. The Morgan fingerprint density at radius 1 is 1.10 bits per heavy atom. The van der Waals surface area contributed by atoms with Gasteiger partial charge in [-0.1, -0.05) is 31.2 Å². The summed E-state index contributed by atoms with van der Waals surface area (Å²) in [5.74, 6) is -0.347. The summed E-state index contributed by atoms with van der Waals surface area (Å²) >= 11 is 0. The van der Waals surface area contributed by atoms with Crippen molar-refractivity contribution in [1.29, 1.82) is 0 Å². The molecule has 0 saturated heterocycles. The van der Waals surface area contributed by atoms with Crippen molar-refractivity contribution in [3.8, 4) is 0 Å². The van der Waals surface area contributed by atoms with Crippen LogP contribution in [0.3, 0.4) is 0 Å². The van der Waals surface area contributed by atoms with Crippen molar-refractivity contribution in [3.63, 3.8) is 0 Å². The lowest BCUT2D eigenvalue weighted by atomic mass is 10.1. The average Bonchev–Trinajstić information content (AvgIpc) is 2.44. The number of anilines is 1. The van der Waals surface area contributed by atoms with E-state index in [-0.39, 0.29) is 12.6 Å². The Morgan fingerprint density at radius 2 is 1.75 bits per heavy atom. The second-order valence-electron chi connectivity index (χ2n) is 4.88. The van der Waals surface area contributed by atoms with Crippen LogP contribution in [0.1, 0.15) is 34.0 Å². The molecule has 104 valence electrons. The first kappa shape index (κ1) is 14.1. The molecule has 2 aromatic carbocycles. The standard InChI is InChI=1S/C17H19NO2/c1-3-13-4-6-14(7-5-13)11-20-17(19)15-8-12(2)9-16(18)10-15/h4-10H,3,11,18H2,1-2H3. The third-order valence-electron chi connectivity index (χ3n) is 3.14. The van der Waals surface area contributed by atoms with Crippen LogP contribution in [0.4, 0.5) is 5.69 Å². The van der Waals surface area contributed by atoms with E-state index in [1.54, 1.807) is 12.1 Å². The van der Waals surface area contributed by atoms with E-state index in [2.05, 4.69) is 6.92 Å². The lowest BCUT2D eigenvalue weighted by Crippen LogP contribution is -2.06. The molecule has 0 aliphatic heterocycles. The molecule has 0 spiro atoms. The zero-order valence-corrected chi connectivity index (χ0v) is 11.8. The maximum absolute atomic E-state index is 12.0. The topological polar surface area (TPSA) is 52.3 Å². The summed E-state index contributed by atoms with van der Waals surface area (Å²) < 4.78 is 5.30. The number of benzene rings is 2. The first-order valence-corrected chi connectivity index (χ1v) is 6.70. The zero-order valence-electron chi connectivity index (χ0n) is 11.8. The molecule has 0 heterocycles. The summed E-state index contributed by atoms with van der Waals surface area (Å²) in [5, 5.41) is 0. The van der Waals surface area contributed by atoms with Crippen LogP contribution >= 0.6 is 0 Å². The molecule has 2 aromatic rings. The van der Waals surface area contributed by atoms with E-state index in [9.17, 15) is 4.79 Å². The number of hydrogen-bond acceptors (Lipinski definition) is 3. The van der Waals surface area contributed by atoms with Crippen molar-refractivity contribution >= 4 is 11.7 Å². The van der Waals surface area contributed by atoms with Crippen LogP contribution < -0.4 is 5.73 Å². The molecule has 3 nitrogen and oxygen atoms in total. The average molecular weight is 269 g/mol. The maximum Gasteiger partial charge on any atom is 0.338 e. The van der Waals surface area contributed by atoms with Gasteiger partial charge in [0.1, 0.15) is 6.61 Å². The molecule has 0 amide bonds. The highest BCUT2D eigenvalue weighted by atomic mass is 16.5. The van der Waals surface area contributed by atoms with Gasteiger partial charge in [-0.05, 0) is 48.2 Å². The molecule has 0 saturated carbocycles. The highest BCUT2D eigenvalue weighted by Gasteiger charge is 2.08. The van der Waals surface area contributed by atoms with Gasteiger partial charge in [0, 0.05) is 5.69 Å². The Labute approximate surface area is 119 Å². The van der Waals surface area contributed by atoms with E-state index < -0.39 is 0 Å². The predicted molar refractivity (Wildman–Crippen MR) is 80.5 cm³/mol. The molecule has 0 unspecified atom stereocenters. The number of carbonyl (C=O) groups excluding carboxylic acids is 1. The molecule has 0 aliphatic carbocycles. The van der Waals surface area contributed by atoms with E-state index in [1.165, 1.54) is 5.56 Å². The number of nitrogen functional groups attached to an aromatic ring is 1. The predicted octanol–water partition coefficient (Wildman–Crippen LogP) is 3.50. The third-order valence-corrected chi connectivity index (χ3v) is 3.14. The summed E-state index contributed by atoms with van der Waals surface area (Å²) in [7, 11) is 0. The van der Waals surface area contributed by atoms with Crippen molar-refractivity contribution in [2.75, 3.05) is 5.73 Å². The summed E-state index contributed by atoms with van der Waals surface area (Å²) in [5.41, 5.74) is 10.00. The molecule has 2 N–H and O–H groups in total. The first-order valence-electron chi connectivity index (χ1n) is 6.70. The maximum atomic E-state index is 12.0. The van der Waals surface area contributed by atoms with Crippen LogP contribution in [0.2, 0.25) is 0 Å². The van der Waals surface area contributed by atoms with Gasteiger partial charge in [-0.3, -0.25) is 0 Å². The fourth-order valence-electron chi connectivity index (χ4n) is 2.03. The molecular formula is C17H19NO2. The molecule has 0 aliphatic rings. The zero-order chi connectivity index (χ0) is 14.5. The minimum absolute atomic E-state index is 0.274. The van der Waals surface area contributed by atoms with Crippen LogP contribution in [0.25, 0.3) is 0 Å². The van der Waals surface area contributed by atoms with Gasteiger partial charge in [0.05, 0.1) is 5.56 Å². The minimum atomic E-state index is -0.347. The van der Waals surface area contributed by atoms with Gasteiger partial charge >= 0.3 is 5.97 Å². The highest BCUT2D eigenvalue weighted by Crippen LogP contribution is 2.13. The lowest BCUT2D eigenvalue weighted by Gasteiger charge is -2.07. The summed E-state index contributed by atoms with van der Waals surface area (Å²) in [6, 6.07) is 13.3. The van der Waals surface area contributed by atoms with Gasteiger partial charge < -0.3 is 10.5 Å². The van der Waals surface area contributed by atoms with Gasteiger partial charge in [0.25, 0.3) is 0 Å². The quantitative estimate of drug-likeness (QED) is 0.682. The molecule has 0 bridgehead atoms. The number of esters is 1. The Kier molecular flexibility index (Phi) is 4.41. The molecule has 0 aromatic heterocycles. The number of nitrogens with two attached hydrogens (primary N) is 1. The number of ether oxygens (including phenoxy) is 1. The number of rotatable bonds is 4. The van der Waals surface area contributed by atoms with Crippen molar-refractivity contribution in [3.05, 3.63) is 64.7 Å². The van der Waals surface area contributed by atoms with Crippen molar-refractivity contribution < 1.29 is 9.53 Å². The Balaban J connectivity index is 2.00. The Morgan fingerprint density at radius 3 is 2.35 bits per heavy atom. The molecule has 2 rings (SSSR count). The largest absolute Gasteiger partial charge is 0.457 e. The van der Waals surface area contributed by atoms with Crippen LogP contribution in [-0.4, -0.2) is 5.97 Å². The van der Waals surface area contributed by atoms with Crippen molar-refractivity contribution in [2.24, 2.45) is 0 Å². The Bertz CT molecular complexity index is 583. The van der Waals surface area contributed by atoms with Crippen molar-refractivity contribution in [2.45, 2.75) is 26.9 Å². The molecule has 0 fully saturated rings. The summed E-state index contributed by atoms with van der Waals surface area (Å²) in [6.45, 7) is 4.28. The van der Waals surface area contributed by atoms with Crippen LogP contribution in [-0.2, 0) is 17.8 Å². The number of hydrogen-bond donors (Lipinski definition) is 1. The van der Waals surface area contributed by atoms with E-state index in [0.29, 0.717) is 11.3 Å². The van der Waals surface area contributed by atoms with E-state index >= 15 is 0 Å². The fraction of sp³-hybridized carbons (Fsp3) is 0.235. The highest BCUT2D eigenvalue weighted by molar-refractivity contribution is 5.90. The van der Waals surface area contributed by atoms with Gasteiger partial charge in [-0.15, -0.1) is 0 Å². The monoisotopic (exact) mass is 269 g/mol.